The molecular formula is C12H13F2N3O3. The Labute approximate surface area is 113 Å². The molecule has 0 atom stereocenters. The maximum Gasteiger partial charge on any atom is 0.319 e. The Morgan fingerprint density at radius 2 is 1.95 bits per heavy atom. The number of carbonyl (C=O) groups excluding carboxylic acids is 1. The third-order valence-corrected chi connectivity index (χ3v) is 3.20. The molecule has 2 amide bonds. The maximum atomic E-state index is 13.6. The van der Waals surface area contributed by atoms with Crippen LogP contribution in [0.5, 0.6) is 0 Å². The highest BCUT2D eigenvalue weighted by Crippen LogP contribution is 2.29. The van der Waals surface area contributed by atoms with Gasteiger partial charge in [0.25, 0.3) is 5.69 Å². The summed E-state index contributed by atoms with van der Waals surface area (Å²) >= 11 is 0. The highest BCUT2D eigenvalue weighted by molar-refractivity contribution is 5.92. The second-order valence-electron chi connectivity index (χ2n) is 4.59. The molecule has 8 heteroatoms. The number of nitro benzene ring substituents is 1. The van der Waals surface area contributed by atoms with Crippen molar-refractivity contribution >= 4 is 17.4 Å². The maximum absolute atomic E-state index is 13.6. The fourth-order valence-electron chi connectivity index (χ4n) is 2.22. The minimum atomic E-state index is -1.44. The van der Waals surface area contributed by atoms with Gasteiger partial charge in [-0.1, -0.05) is 12.8 Å². The van der Waals surface area contributed by atoms with Crippen molar-refractivity contribution in [3.63, 3.8) is 0 Å². The summed E-state index contributed by atoms with van der Waals surface area (Å²) in [5, 5.41) is 15.4. The van der Waals surface area contributed by atoms with E-state index in [2.05, 4.69) is 5.32 Å². The number of benzene rings is 1. The summed E-state index contributed by atoms with van der Waals surface area (Å²) in [5.41, 5.74) is -1.45. The third-order valence-electron chi connectivity index (χ3n) is 3.20. The third kappa shape index (κ3) is 3.01. The van der Waals surface area contributed by atoms with E-state index in [0.717, 1.165) is 31.7 Å². The van der Waals surface area contributed by atoms with Crippen LogP contribution in [0.1, 0.15) is 25.7 Å². The van der Waals surface area contributed by atoms with Crippen LogP contribution in [0.25, 0.3) is 0 Å². The summed E-state index contributed by atoms with van der Waals surface area (Å²) in [7, 11) is 0. The highest BCUT2D eigenvalue weighted by Gasteiger charge is 2.24. The average Bonchev–Trinajstić information content (AvgIpc) is 2.87. The van der Waals surface area contributed by atoms with Crippen LogP contribution in [0.4, 0.5) is 25.0 Å². The van der Waals surface area contributed by atoms with E-state index in [4.69, 9.17) is 0 Å². The monoisotopic (exact) mass is 285 g/mol. The molecular weight excluding hydrogens is 272 g/mol. The van der Waals surface area contributed by atoms with Gasteiger partial charge in [0.1, 0.15) is 0 Å². The van der Waals surface area contributed by atoms with Crippen LogP contribution in [-0.2, 0) is 0 Å². The zero-order chi connectivity index (χ0) is 14.7. The van der Waals surface area contributed by atoms with Crippen molar-refractivity contribution in [2.75, 3.05) is 5.32 Å². The van der Waals surface area contributed by atoms with Gasteiger partial charge in [0.2, 0.25) is 0 Å². The summed E-state index contributed by atoms with van der Waals surface area (Å²) in [6, 6.07) is 0.645. The standard InChI is InChI=1S/C12H13F2N3O3/c13-8-5-6-9(17(19)20)11(10(8)14)16-12(18)15-7-3-1-2-4-7/h5-7H,1-4H2,(H2,15,16,18). The van der Waals surface area contributed by atoms with Gasteiger partial charge in [-0.05, 0) is 18.9 Å². The van der Waals surface area contributed by atoms with Crippen molar-refractivity contribution in [3.05, 3.63) is 33.9 Å². The molecule has 0 heterocycles. The van der Waals surface area contributed by atoms with E-state index in [-0.39, 0.29) is 6.04 Å². The van der Waals surface area contributed by atoms with E-state index in [9.17, 15) is 23.7 Å². The quantitative estimate of drug-likeness (QED) is 0.661. The zero-order valence-electron chi connectivity index (χ0n) is 10.5. The molecule has 0 bridgehead atoms. The van der Waals surface area contributed by atoms with Crippen molar-refractivity contribution in [3.8, 4) is 0 Å². The van der Waals surface area contributed by atoms with Gasteiger partial charge in [0.05, 0.1) is 4.92 Å². The average molecular weight is 285 g/mol. The number of rotatable bonds is 3. The van der Waals surface area contributed by atoms with E-state index in [1.807, 2.05) is 5.32 Å². The Bertz CT molecular complexity index is 545. The number of carbonyl (C=O) groups is 1. The minimum absolute atomic E-state index is 0.0364. The van der Waals surface area contributed by atoms with Crippen LogP contribution in [0.3, 0.4) is 0 Å². The van der Waals surface area contributed by atoms with E-state index in [0.29, 0.717) is 6.07 Å². The van der Waals surface area contributed by atoms with Crippen LogP contribution in [0.15, 0.2) is 12.1 Å². The van der Waals surface area contributed by atoms with Crippen molar-refractivity contribution in [1.29, 1.82) is 0 Å². The number of nitrogens with one attached hydrogen (secondary N) is 2. The summed E-state index contributed by atoms with van der Waals surface area (Å²) < 4.78 is 26.7. The molecule has 0 spiro atoms. The fraction of sp³-hybridized carbons (Fsp3) is 0.417. The first-order valence-corrected chi connectivity index (χ1v) is 6.19. The predicted octanol–water partition coefficient (Wildman–Crippen LogP) is 2.94. The van der Waals surface area contributed by atoms with Crippen molar-refractivity contribution < 1.29 is 18.5 Å². The van der Waals surface area contributed by atoms with Gasteiger partial charge in [-0.2, -0.15) is 0 Å². The number of anilines is 1. The second-order valence-corrected chi connectivity index (χ2v) is 4.59. The van der Waals surface area contributed by atoms with Crippen molar-refractivity contribution in [2.45, 2.75) is 31.7 Å². The zero-order valence-corrected chi connectivity index (χ0v) is 10.5. The molecule has 1 saturated carbocycles. The summed E-state index contributed by atoms with van der Waals surface area (Å²) in [5.74, 6) is -2.70. The summed E-state index contributed by atoms with van der Waals surface area (Å²) in [6.07, 6.45) is 3.58. The van der Waals surface area contributed by atoms with Gasteiger partial charge in [-0.3, -0.25) is 15.4 Å². The lowest BCUT2D eigenvalue weighted by Crippen LogP contribution is -2.36. The Kier molecular flexibility index (Phi) is 4.11. The molecule has 6 nitrogen and oxygen atoms in total. The number of amides is 2. The highest BCUT2D eigenvalue weighted by atomic mass is 19.2. The lowest BCUT2D eigenvalue weighted by atomic mass is 10.2. The molecule has 1 aliphatic carbocycles. The molecule has 0 aliphatic heterocycles. The Balaban J connectivity index is 2.16. The lowest BCUT2D eigenvalue weighted by Gasteiger charge is -2.13. The molecule has 1 aromatic rings. The van der Waals surface area contributed by atoms with Gasteiger partial charge in [-0.25, -0.2) is 13.6 Å². The SMILES string of the molecule is O=C(Nc1c([N+](=O)[O-])ccc(F)c1F)NC1CCCC1. The number of halogens is 2. The van der Waals surface area contributed by atoms with Gasteiger partial charge in [0, 0.05) is 12.1 Å². The second kappa shape index (κ2) is 5.81. The Morgan fingerprint density at radius 1 is 1.30 bits per heavy atom. The first-order chi connectivity index (χ1) is 9.49. The van der Waals surface area contributed by atoms with Gasteiger partial charge in [0.15, 0.2) is 17.3 Å². The first-order valence-electron chi connectivity index (χ1n) is 6.19. The normalized spacial score (nSPS) is 15.1. The number of hydrogen-bond donors (Lipinski definition) is 2. The molecule has 20 heavy (non-hydrogen) atoms. The van der Waals surface area contributed by atoms with E-state index >= 15 is 0 Å². The molecule has 2 N–H and O–H groups in total. The number of nitrogens with zero attached hydrogens (tertiary/aromatic N) is 1. The van der Waals surface area contributed by atoms with E-state index in [1.165, 1.54) is 0 Å². The van der Waals surface area contributed by atoms with Crippen LogP contribution in [0.2, 0.25) is 0 Å². The molecule has 0 unspecified atom stereocenters. The number of urea groups is 1. The molecule has 1 aliphatic rings. The Morgan fingerprint density at radius 3 is 2.55 bits per heavy atom. The molecule has 1 aromatic carbocycles. The van der Waals surface area contributed by atoms with E-state index < -0.39 is 34.0 Å². The minimum Gasteiger partial charge on any atom is -0.335 e. The number of hydrogen-bond acceptors (Lipinski definition) is 3. The molecule has 1 fully saturated rings. The van der Waals surface area contributed by atoms with Crippen molar-refractivity contribution in [1.82, 2.24) is 5.32 Å². The van der Waals surface area contributed by atoms with Gasteiger partial charge < -0.3 is 5.32 Å². The molecule has 0 aromatic heterocycles. The molecule has 0 radical (unpaired) electrons. The summed E-state index contributed by atoms with van der Waals surface area (Å²) in [6.45, 7) is 0. The largest absolute Gasteiger partial charge is 0.335 e. The fourth-order valence-corrected chi connectivity index (χ4v) is 2.22. The van der Waals surface area contributed by atoms with Gasteiger partial charge >= 0.3 is 6.03 Å². The van der Waals surface area contributed by atoms with Gasteiger partial charge in [-0.15, -0.1) is 0 Å². The summed E-state index contributed by atoms with van der Waals surface area (Å²) in [4.78, 5) is 21.5. The smallest absolute Gasteiger partial charge is 0.319 e. The van der Waals surface area contributed by atoms with Crippen molar-refractivity contribution in [2.24, 2.45) is 0 Å². The molecule has 0 saturated heterocycles. The predicted molar refractivity (Wildman–Crippen MR) is 67.4 cm³/mol. The van der Waals surface area contributed by atoms with Crippen LogP contribution < -0.4 is 10.6 Å². The van der Waals surface area contributed by atoms with E-state index in [1.54, 1.807) is 0 Å². The Hall–Kier alpha value is -2.25. The van der Waals surface area contributed by atoms with Crippen LogP contribution in [0, 0.1) is 21.7 Å². The molecule has 108 valence electrons. The molecule has 2 rings (SSSR count). The topological polar surface area (TPSA) is 84.3 Å². The van der Waals surface area contributed by atoms with Crippen LogP contribution >= 0.6 is 0 Å². The van der Waals surface area contributed by atoms with Crippen LogP contribution in [-0.4, -0.2) is 17.0 Å². The first kappa shape index (κ1) is 14.2. The lowest BCUT2D eigenvalue weighted by molar-refractivity contribution is -0.384. The number of nitro groups is 1.